The Labute approximate surface area is 156 Å². The predicted molar refractivity (Wildman–Crippen MR) is 100 cm³/mol. The summed E-state index contributed by atoms with van der Waals surface area (Å²) < 4.78 is 0. The molecule has 3 aliphatic heterocycles. The maximum atomic E-state index is 13.0. The van der Waals surface area contributed by atoms with Crippen molar-refractivity contribution in [2.45, 2.75) is 38.6 Å². The zero-order valence-electron chi connectivity index (χ0n) is 15.6. The van der Waals surface area contributed by atoms with Crippen LogP contribution >= 0.6 is 0 Å². The minimum atomic E-state index is -0.166. The number of nitrogens with zero attached hydrogens (tertiary/aromatic N) is 3. The van der Waals surface area contributed by atoms with E-state index in [2.05, 4.69) is 26.2 Å². The second-order valence-electron chi connectivity index (χ2n) is 9.12. The summed E-state index contributed by atoms with van der Waals surface area (Å²) in [6, 6.07) is 4.16. The standard InChI is InChI=1S/C21H30N4O/c26-19-21(5-9-23-19)16-25(14-18-2-1-8-22-12-18)15-20(21)6-10-24(11-7-20)13-17-3-4-17/h1-2,8,12,17H,3-7,9-11,13-16H2,(H,23,26). The van der Waals surface area contributed by atoms with Crippen LogP contribution < -0.4 is 5.32 Å². The maximum absolute atomic E-state index is 13.0. The van der Waals surface area contributed by atoms with Crippen LogP contribution in [0, 0.1) is 16.7 Å². The van der Waals surface area contributed by atoms with Gasteiger partial charge < -0.3 is 10.2 Å². The van der Waals surface area contributed by atoms with Gasteiger partial charge in [-0.3, -0.25) is 14.7 Å². The molecule has 0 aromatic carbocycles. The van der Waals surface area contributed by atoms with Crippen LogP contribution in [0.5, 0.6) is 0 Å². The van der Waals surface area contributed by atoms with Crippen LogP contribution in [0.1, 0.15) is 37.7 Å². The van der Waals surface area contributed by atoms with Crippen molar-refractivity contribution in [3.63, 3.8) is 0 Å². The van der Waals surface area contributed by atoms with Gasteiger partial charge >= 0.3 is 0 Å². The second-order valence-corrected chi connectivity index (χ2v) is 9.12. The van der Waals surface area contributed by atoms with Gasteiger partial charge in [0.25, 0.3) is 0 Å². The van der Waals surface area contributed by atoms with Crippen molar-refractivity contribution in [3.8, 4) is 0 Å². The van der Waals surface area contributed by atoms with Crippen molar-refractivity contribution < 1.29 is 4.79 Å². The van der Waals surface area contributed by atoms with Crippen molar-refractivity contribution in [2.75, 3.05) is 39.3 Å². The van der Waals surface area contributed by atoms with Crippen LogP contribution in [-0.2, 0) is 11.3 Å². The van der Waals surface area contributed by atoms with E-state index < -0.39 is 0 Å². The number of piperidine rings is 1. The summed E-state index contributed by atoms with van der Waals surface area (Å²) >= 11 is 0. The van der Waals surface area contributed by atoms with E-state index in [-0.39, 0.29) is 10.8 Å². The first-order valence-corrected chi connectivity index (χ1v) is 10.3. The summed E-state index contributed by atoms with van der Waals surface area (Å²) in [4.78, 5) is 22.4. The number of carbonyl (C=O) groups excluding carboxylic acids is 1. The van der Waals surface area contributed by atoms with E-state index in [0.717, 1.165) is 38.5 Å². The molecule has 5 rings (SSSR count). The molecule has 1 amide bonds. The number of hydrogen-bond acceptors (Lipinski definition) is 4. The molecule has 4 aliphatic rings. The summed E-state index contributed by atoms with van der Waals surface area (Å²) in [6.07, 6.45) is 10.0. The highest BCUT2D eigenvalue weighted by Crippen LogP contribution is 2.56. The molecule has 4 fully saturated rings. The number of aromatic nitrogens is 1. The Morgan fingerprint density at radius 1 is 1.15 bits per heavy atom. The number of nitrogens with one attached hydrogen (secondary N) is 1. The molecule has 140 valence electrons. The predicted octanol–water partition coefficient (Wildman–Crippen LogP) is 1.90. The molecule has 1 N–H and O–H groups in total. The van der Waals surface area contributed by atoms with Gasteiger partial charge in [-0.2, -0.15) is 0 Å². The molecule has 4 heterocycles. The van der Waals surface area contributed by atoms with Crippen LogP contribution in [0.2, 0.25) is 0 Å². The molecule has 1 saturated carbocycles. The van der Waals surface area contributed by atoms with Crippen LogP contribution in [0.3, 0.4) is 0 Å². The lowest BCUT2D eigenvalue weighted by molar-refractivity contribution is -0.134. The topological polar surface area (TPSA) is 48.5 Å². The molecular formula is C21H30N4O. The Kier molecular flexibility index (Phi) is 4.05. The van der Waals surface area contributed by atoms with E-state index >= 15 is 0 Å². The third-order valence-electron chi connectivity index (χ3n) is 7.46. The second kappa shape index (κ2) is 6.31. The normalized spacial score (nSPS) is 31.8. The number of pyridine rings is 1. The average Bonchev–Trinajstić information content (AvgIpc) is 3.32. The molecule has 1 aliphatic carbocycles. The monoisotopic (exact) mass is 354 g/mol. The number of fused-ring (bicyclic) bond motifs is 1. The van der Waals surface area contributed by atoms with Crippen LogP contribution in [-0.4, -0.2) is 60.0 Å². The van der Waals surface area contributed by atoms with Crippen molar-refractivity contribution in [3.05, 3.63) is 30.1 Å². The zero-order chi connectivity index (χ0) is 17.6. The number of amides is 1. The first-order valence-electron chi connectivity index (χ1n) is 10.3. The number of rotatable bonds is 4. The Bertz CT molecular complexity index is 666. The molecule has 1 aromatic heterocycles. The van der Waals surface area contributed by atoms with Crippen molar-refractivity contribution >= 4 is 5.91 Å². The zero-order valence-corrected chi connectivity index (χ0v) is 15.6. The maximum Gasteiger partial charge on any atom is 0.228 e. The fourth-order valence-electron chi connectivity index (χ4n) is 5.84. The lowest BCUT2D eigenvalue weighted by atomic mass is 9.60. The summed E-state index contributed by atoms with van der Waals surface area (Å²) in [7, 11) is 0. The largest absolute Gasteiger partial charge is 0.356 e. The highest BCUT2D eigenvalue weighted by molar-refractivity contribution is 5.86. The van der Waals surface area contributed by atoms with Crippen LogP contribution in [0.4, 0.5) is 0 Å². The lowest BCUT2D eigenvalue weighted by Crippen LogP contribution is -2.52. The Morgan fingerprint density at radius 3 is 2.65 bits per heavy atom. The average molecular weight is 354 g/mol. The highest BCUT2D eigenvalue weighted by Gasteiger charge is 2.63. The molecule has 5 heteroatoms. The fourth-order valence-corrected chi connectivity index (χ4v) is 5.84. The molecule has 2 spiro atoms. The molecule has 1 atom stereocenters. The molecule has 26 heavy (non-hydrogen) atoms. The van der Waals surface area contributed by atoms with Crippen molar-refractivity contribution in [1.29, 1.82) is 0 Å². The Balaban J connectivity index is 1.35. The van der Waals surface area contributed by atoms with Gasteiger partial charge in [0.05, 0.1) is 5.41 Å². The summed E-state index contributed by atoms with van der Waals surface area (Å²) in [5.41, 5.74) is 1.25. The first-order chi connectivity index (χ1) is 12.7. The summed E-state index contributed by atoms with van der Waals surface area (Å²) in [5, 5.41) is 3.17. The molecule has 5 nitrogen and oxygen atoms in total. The Hall–Kier alpha value is -1.46. The van der Waals surface area contributed by atoms with Gasteiger partial charge in [-0.25, -0.2) is 0 Å². The van der Waals surface area contributed by atoms with Gasteiger partial charge in [-0.1, -0.05) is 6.07 Å². The molecule has 0 radical (unpaired) electrons. The number of likely N-dealkylation sites (tertiary alicyclic amines) is 2. The quantitative estimate of drug-likeness (QED) is 0.897. The smallest absolute Gasteiger partial charge is 0.228 e. The van der Waals surface area contributed by atoms with Gasteiger partial charge in [0.2, 0.25) is 5.91 Å². The minimum Gasteiger partial charge on any atom is -0.356 e. The minimum absolute atomic E-state index is 0.163. The van der Waals surface area contributed by atoms with E-state index in [1.54, 1.807) is 0 Å². The van der Waals surface area contributed by atoms with Crippen LogP contribution in [0.25, 0.3) is 0 Å². The third-order valence-corrected chi connectivity index (χ3v) is 7.46. The van der Waals surface area contributed by atoms with E-state index in [0.29, 0.717) is 5.91 Å². The molecule has 0 bridgehead atoms. The van der Waals surface area contributed by atoms with E-state index in [1.807, 2.05) is 18.5 Å². The summed E-state index contributed by atoms with van der Waals surface area (Å²) in [5.74, 6) is 1.28. The SMILES string of the molecule is O=C1NCCC12CN(Cc1cccnc1)CC21CCN(CC2CC2)CC1. The first kappa shape index (κ1) is 16.7. The highest BCUT2D eigenvalue weighted by atomic mass is 16.2. The Morgan fingerprint density at radius 2 is 2.00 bits per heavy atom. The third kappa shape index (κ3) is 2.76. The van der Waals surface area contributed by atoms with Gasteiger partial charge in [0.15, 0.2) is 0 Å². The molecule has 1 aromatic rings. The molecule has 3 saturated heterocycles. The van der Waals surface area contributed by atoms with E-state index in [1.165, 1.54) is 50.9 Å². The van der Waals surface area contributed by atoms with E-state index in [9.17, 15) is 4.79 Å². The van der Waals surface area contributed by atoms with Crippen molar-refractivity contribution in [1.82, 2.24) is 20.1 Å². The number of carbonyl (C=O) groups is 1. The van der Waals surface area contributed by atoms with Gasteiger partial charge in [0.1, 0.15) is 0 Å². The molecule has 1 unspecified atom stereocenters. The van der Waals surface area contributed by atoms with Gasteiger partial charge in [-0.05, 0) is 62.7 Å². The van der Waals surface area contributed by atoms with Crippen molar-refractivity contribution in [2.24, 2.45) is 16.7 Å². The van der Waals surface area contributed by atoms with Crippen LogP contribution in [0.15, 0.2) is 24.5 Å². The number of hydrogen-bond donors (Lipinski definition) is 1. The van der Waals surface area contributed by atoms with Gasteiger partial charge in [0, 0.05) is 50.5 Å². The summed E-state index contributed by atoms with van der Waals surface area (Å²) in [6.45, 7) is 7.37. The lowest BCUT2D eigenvalue weighted by Gasteiger charge is -2.46. The molecular weight excluding hydrogens is 324 g/mol. The van der Waals surface area contributed by atoms with E-state index in [4.69, 9.17) is 0 Å². The van der Waals surface area contributed by atoms with Gasteiger partial charge in [-0.15, -0.1) is 0 Å². The fraction of sp³-hybridized carbons (Fsp3) is 0.714.